The zero-order valence-electron chi connectivity index (χ0n) is 16.4. The van der Waals surface area contributed by atoms with Crippen LogP contribution in [-0.2, 0) is 11.3 Å². The quantitative estimate of drug-likeness (QED) is 0.803. The molecular weight excluding hydrogens is 352 g/mol. The maximum Gasteiger partial charge on any atom is 0.239 e. The molecule has 150 valence electrons. The van der Waals surface area contributed by atoms with Crippen LogP contribution in [0.1, 0.15) is 43.7 Å². The molecule has 0 bridgehead atoms. The molecule has 28 heavy (non-hydrogen) atoms. The van der Waals surface area contributed by atoms with Gasteiger partial charge in [0.2, 0.25) is 5.91 Å². The Hall–Kier alpha value is -2.25. The van der Waals surface area contributed by atoms with Crippen molar-refractivity contribution in [3.05, 3.63) is 42.4 Å². The van der Waals surface area contributed by atoms with Crippen molar-refractivity contribution in [3.8, 4) is 0 Å². The van der Waals surface area contributed by atoms with Crippen molar-refractivity contribution in [2.24, 2.45) is 5.92 Å². The molecule has 2 aromatic heterocycles. The summed E-state index contributed by atoms with van der Waals surface area (Å²) in [4.78, 5) is 19.2. The molecule has 2 aliphatic rings. The summed E-state index contributed by atoms with van der Waals surface area (Å²) in [5.41, 5.74) is 1.14. The SMILES string of the molecule is O=C(CN1CCNCC1c1cccnc1)Nc1ccnn1CC1CCCCC1. The van der Waals surface area contributed by atoms with Crippen LogP contribution in [0.3, 0.4) is 0 Å². The number of pyridine rings is 1. The van der Waals surface area contributed by atoms with Gasteiger partial charge in [-0.15, -0.1) is 0 Å². The molecule has 3 heterocycles. The molecule has 4 rings (SSSR count). The van der Waals surface area contributed by atoms with Gasteiger partial charge < -0.3 is 10.6 Å². The van der Waals surface area contributed by atoms with Crippen molar-refractivity contribution in [1.29, 1.82) is 0 Å². The molecule has 1 unspecified atom stereocenters. The van der Waals surface area contributed by atoms with E-state index in [4.69, 9.17) is 0 Å². The van der Waals surface area contributed by atoms with Crippen molar-refractivity contribution in [3.63, 3.8) is 0 Å². The third-order valence-electron chi connectivity index (χ3n) is 5.91. The van der Waals surface area contributed by atoms with Gasteiger partial charge in [-0.25, -0.2) is 4.68 Å². The van der Waals surface area contributed by atoms with Gasteiger partial charge in [-0.3, -0.25) is 14.7 Å². The second-order valence-electron chi connectivity index (χ2n) is 7.93. The van der Waals surface area contributed by atoms with Crippen LogP contribution in [0.25, 0.3) is 0 Å². The van der Waals surface area contributed by atoms with Crippen molar-refractivity contribution >= 4 is 11.7 Å². The lowest BCUT2D eigenvalue weighted by atomic mass is 9.89. The maximum atomic E-state index is 12.8. The highest BCUT2D eigenvalue weighted by Gasteiger charge is 2.26. The van der Waals surface area contributed by atoms with Crippen LogP contribution >= 0.6 is 0 Å². The van der Waals surface area contributed by atoms with E-state index >= 15 is 0 Å². The van der Waals surface area contributed by atoms with Gasteiger partial charge in [-0.2, -0.15) is 5.10 Å². The number of carbonyl (C=O) groups excluding carboxylic acids is 1. The lowest BCUT2D eigenvalue weighted by Gasteiger charge is -2.35. The number of hydrogen-bond donors (Lipinski definition) is 2. The molecule has 2 aromatic rings. The van der Waals surface area contributed by atoms with Gasteiger partial charge in [0.25, 0.3) is 0 Å². The number of nitrogens with zero attached hydrogens (tertiary/aromatic N) is 4. The number of hydrogen-bond acceptors (Lipinski definition) is 5. The van der Waals surface area contributed by atoms with Crippen LogP contribution in [0.2, 0.25) is 0 Å². The zero-order chi connectivity index (χ0) is 19.2. The fraction of sp³-hybridized carbons (Fsp3) is 0.571. The minimum atomic E-state index is 0.0150. The largest absolute Gasteiger partial charge is 0.314 e. The van der Waals surface area contributed by atoms with E-state index in [1.54, 1.807) is 12.4 Å². The average Bonchev–Trinajstić information content (AvgIpc) is 3.16. The summed E-state index contributed by atoms with van der Waals surface area (Å²) in [6.07, 6.45) is 12.0. The molecule has 1 atom stereocenters. The molecule has 1 aliphatic carbocycles. The summed E-state index contributed by atoms with van der Waals surface area (Å²) < 4.78 is 1.96. The summed E-state index contributed by atoms with van der Waals surface area (Å²) in [6.45, 7) is 3.83. The molecule has 1 aliphatic heterocycles. The number of carbonyl (C=O) groups is 1. The Balaban J connectivity index is 1.37. The van der Waals surface area contributed by atoms with E-state index in [0.717, 1.165) is 37.6 Å². The average molecular weight is 383 g/mol. The minimum absolute atomic E-state index is 0.0150. The highest BCUT2D eigenvalue weighted by atomic mass is 16.2. The first kappa shape index (κ1) is 19.1. The van der Waals surface area contributed by atoms with E-state index in [-0.39, 0.29) is 11.9 Å². The summed E-state index contributed by atoms with van der Waals surface area (Å²) in [6, 6.07) is 6.10. The molecule has 1 amide bonds. The highest BCUT2D eigenvalue weighted by Crippen LogP contribution is 2.26. The van der Waals surface area contributed by atoms with Gasteiger partial charge in [0.1, 0.15) is 5.82 Å². The summed E-state index contributed by atoms with van der Waals surface area (Å²) in [5, 5.41) is 10.9. The van der Waals surface area contributed by atoms with E-state index in [1.165, 1.54) is 32.1 Å². The summed E-state index contributed by atoms with van der Waals surface area (Å²) >= 11 is 0. The van der Waals surface area contributed by atoms with E-state index in [0.29, 0.717) is 12.5 Å². The molecule has 7 heteroatoms. The molecule has 1 saturated heterocycles. The number of amides is 1. The van der Waals surface area contributed by atoms with Gasteiger partial charge in [0.15, 0.2) is 0 Å². The van der Waals surface area contributed by atoms with Crippen LogP contribution in [-0.4, -0.2) is 51.8 Å². The Labute approximate surface area is 166 Å². The van der Waals surface area contributed by atoms with Gasteiger partial charge in [-0.1, -0.05) is 25.3 Å². The molecule has 0 aromatic carbocycles. The highest BCUT2D eigenvalue weighted by molar-refractivity contribution is 5.91. The first-order valence-electron chi connectivity index (χ1n) is 10.5. The second kappa shape index (κ2) is 9.30. The monoisotopic (exact) mass is 382 g/mol. The molecule has 1 saturated carbocycles. The summed E-state index contributed by atoms with van der Waals surface area (Å²) in [5.74, 6) is 1.50. The van der Waals surface area contributed by atoms with Crippen molar-refractivity contribution in [2.45, 2.75) is 44.7 Å². The number of piperazine rings is 1. The Kier molecular flexibility index (Phi) is 6.34. The number of rotatable bonds is 6. The summed E-state index contributed by atoms with van der Waals surface area (Å²) in [7, 11) is 0. The lowest BCUT2D eigenvalue weighted by Crippen LogP contribution is -2.48. The van der Waals surface area contributed by atoms with Crippen LogP contribution < -0.4 is 10.6 Å². The molecule has 0 radical (unpaired) electrons. The molecule has 7 nitrogen and oxygen atoms in total. The predicted molar refractivity (Wildman–Crippen MR) is 109 cm³/mol. The Bertz CT molecular complexity index is 755. The lowest BCUT2D eigenvalue weighted by molar-refractivity contribution is -0.118. The normalized spacial score (nSPS) is 21.5. The molecular formula is C21H30N6O. The fourth-order valence-corrected chi connectivity index (χ4v) is 4.40. The smallest absolute Gasteiger partial charge is 0.239 e. The fourth-order valence-electron chi connectivity index (χ4n) is 4.40. The second-order valence-corrected chi connectivity index (χ2v) is 7.93. The molecule has 2 N–H and O–H groups in total. The van der Waals surface area contributed by atoms with E-state index in [2.05, 4.69) is 31.7 Å². The predicted octanol–water partition coefficient (Wildman–Crippen LogP) is 2.44. The first-order chi connectivity index (χ1) is 13.8. The molecule has 2 fully saturated rings. The third-order valence-corrected chi connectivity index (χ3v) is 5.91. The standard InChI is InChI=1S/C21H30N6O/c28-21(16-26-12-11-23-14-19(26)18-7-4-9-22-13-18)25-20-8-10-24-27(20)15-17-5-2-1-3-6-17/h4,7-10,13,17,19,23H,1-3,5-6,11-12,14-16H2,(H,25,28). The number of aromatic nitrogens is 3. The molecule has 0 spiro atoms. The Morgan fingerprint density at radius 3 is 2.93 bits per heavy atom. The van der Waals surface area contributed by atoms with Gasteiger partial charge in [-0.05, 0) is 30.4 Å². The van der Waals surface area contributed by atoms with Crippen molar-refractivity contribution in [2.75, 3.05) is 31.5 Å². The number of nitrogens with one attached hydrogen (secondary N) is 2. The van der Waals surface area contributed by atoms with Crippen LogP contribution in [0.5, 0.6) is 0 Å². The van der Waals surface area contributed by atoms with Crippen molar-refractivity contribution < 1.29 is 4.79 Å². The van der Waals surface area contributed by atoms with E-state index in [9.17, 15) is 4.79 Å². The Morgan fingerprint density at radius 2 is 2.11 bits per heavy atom. The van der Waals surface area contributed by atoms with Gasteiger partial charge in [0, 0.05) is 50.7 Å². The van der Waals surface area contributed by atoms with E-state index < -0.39 is 0 Å². The van der Waals surface area contributed by atoms with Crippen LogP contribution in [0, 0.1) is 5.92 Å². The minimum Gasteiger partial charge on any atom is -0.314 e. The van der Waals surface area contributed by atoms with Crippen LogP contribution in [0.4, 0.5) is 5.82 Å². The Morgan fingerprint density at radius 1 is 1.21 bits per heavy atom. The van der Waals surface area contributed by atoms with E-state index in [1.807, 2.05) is 23.0 Å². The van der Waals surface area contributed by atoms with Crippen molar-refractivity contribution in [1.82, 2.24) is 25.0 Å². The zero-order valence-corrected chi connectivity index (χ0v) is 16.4. The topological polar surface area (TPSA) is 75.1 Å². The van der Waals surface area contributed by atoms with Crippen LogP contribution in [0.15, 0.2) is 36.8 Å². The number of anilines is 1. The van der Waals surface area contributed by atoms with Gasteiger partial charge >= 0.3 is 0 Å². The third kappa shape index (κ3) is 4.77. The first-order valence-corrected chi connectivity index (χ1v) is 10.5. The van der Waals surface area contributed by atoms with Gasteiger partial charge in [0.05, 0.1) is 12.7 Å². The maximum absolute atomic E-state index is 12.8.